The van der Waals surface area contributed by atoms with Crippen LogP contribution in [0.4, 0.5) is 20.3 Å². The minimum Gasteiger partial charge on any atom is -0.404 e. The zero-order chi connectivity index (χ0) is 29.2. The van der Waals surface area contributed by atoms with Gasteiger partial charge in [0, 0.05) is 66.6 Å². The lowest BCUT2D eigenvalue weighted by molar-refractivity contribution is 0.151. The first-order chi connectivity index (χ1) is 20.0. The van der Waals surface area contributed by atoms with Gasteiger partial charge >= 0.3 is 0 Å². The van der Waals surface area contributed by atoms with Gasteiger partial charge in [0.15, 0.2) is 5.82 Å². The standard InChI is InChI=1S/C33H46F2N6/c1-4-6-7-11-17-38-23-26(22-36)28-20-25-13-12-19-40(31(25)21-29(28)32(34)35)33-24(3)30(16-18-37-5-2)41(39-33)27-14-9-8-10-15-27/h4-5,20-23,27,32,37H,1-2,6-19,36H2,3H3/b26-22+,38-23?. The lowest BCUT2D eigenvalue weighted by Crippen LogP contribution is -2.26. The Morgan fingerprint density at radius 2 is 2.00 bits per heavy atom. The number of nitrogens with one attached hydrogen (secondary N) is 1. The van der Waals surface area contributed by atoms with Gasteiger partial charge in [-0.1, -0.05) is 31.9 Å². The molecule has 1 aliphatic carbocycles. The van der Waals surface area contributed by atoms with E-state index in [0.29, 0.717) is 23.7 Å². The third-order valence-electron chi connectivity index (χ3n) is 8.34. The monoisotopic (exact) mass is 564 g/mol. The van der Waals surface area contributed by atoms with E-state index in [1.165, 1.54) is 31.2 Å². The average molecular weight is 565 g/mol. The van der Waals surface area contributed by atoms with Crippen LogP contribution in [0.5, 0.6) is 0 Å². The average Bonchev–Trinajstić information content (AvgIpc) is 3.32. The van der Waals surface area contributed by atoms with Gasteiger partial charge in [0.2, 0.25) is 0 Å². The highest BCUT2D eigenvalue weighted by molar-refractivity contribution is 6.10. The number of benzene rings is 1. The van der Waals surface area contributed by atoms with Gasteiger partial charge in [-0.2, -0.15) is 5.10 Å². The van der Waals surface area contributed by atoms with Gasteiger partial charge in [0.05, 0.1) is 6.04 Å². The number of halogens is 2. The Morgan fingerprint density at radius 3 is 2.71 bits per heavy atom. The first-order valence-corrected chi connectivity index (χ1v) is 15.2. The molecule has 1 fully saturated rings. The van der Waals surface area contributed by atoms with Gasteiger partial charge in [-0.05, 0) is 81.3 Å². The fourth-order valence-electron chi connectivity index (χ4n) is 6.17. The van der Waals surface area contributed by atoms with Crippen LogP contribution in [-0.2, 0) is 12.8 Å². The first-order valence-electron chi connectivity index (χ1n) is 15.2. The SMILES string of the molecule is C=CCCCCN=C/C(=C\N)c1cc2c(cc1C(F)F)N(c1nn(C3CCCCC3)c(CCNC=C)c1C)CCC2. The highest BCUT2D eigenvalue weighted by Crippen LogP contribution is 2.41. The van der Waals surface area contributed by atoms with Gasteiger partial charge in [-0.3, -0.25) is 9.67 Å². The number of aryl methyl sites for hydroxylation is 1. The maximum absolute atomic E-state index is 14.5. The molecule has 41 heavy (non-hydrogen) atoms. The molecule has 0 spiro atoms. The number of nitrogens with zero attached hydrogens (tertiary/aromatic N) is 4. The van der Waals surface area contributed by atoms with Crippen molar-refractivity contribution in [2.24, 2.45) is 10.7 Å². The van der Waals surface area contributed by atoms with Crippen LogP contribution in [-0.4, -0.2) is 35.6 Å². The van der Waals surface area contributed by atoms with E-state index in [1.807, 2.05) is 12.1 Å². The largest absolute Gasteiger partial charge is 0.404 e. The van der Waals surface area contributed by atoms with Crippen LogP contribution in [0.25, 0.3) is 5.57 Å². The molecule has 4 rings (SSSR count). The van der Waals surface area contributed by atoms with Crippen LogP contribution < -0.4 is 16.0 Å². The van der Waals surface area contributed by atoms with E-state index in [2.05, 4.69) is 40.0 Å². The molecule has 0 amide bonds. The second-order valence-electron chi connectivity index (χ2n) is 11.1. The van der Waals surface area contributed by atoms with Crippen molar-refractivity contribution in [1.82, 2.24) is 15.1 Å². The van der Waals surface area contributed by atoms with Gasteiger partial charge in [-0.15, -0.1) is 6.58 Å². The van der Waals surface area contributed by atoms with Gasteiger partial charge < -0.3 is 16.0 Å². The summed E-state index contributed by atoms with van der Waals surface area (Å²) < 4.78 is 31.3. The number of aliphatic imine (C=N–C) groups is 1. The van der Waals surface area contributed by atoms with Crippen molar-refractivity contribution in [1.29, 1.82) is 0 Å². The number of hydrogen-bond donors (Lipinski definition) is 2. The number of allylic oxidation sites excluding steroid dienone is 2. The van der Waals surface area contributed by atoms with E-state index in [1.54, 1.807) is 18.5 Å². The Bertz CT molecular complexity index is 1240. The summed E-state index contributed by atoms with van der Waals surface area (Å²) in [5.41, 5.74) is 11.1. The van der Waals surface area contributed by atoms with Crippen LogP contribution in [0.15, 0.2) is 48.8 Å². The number of nitrogens with two attached hydrogens (primary N) is 1. The minimum atomic E-state index is -2.64. The number of unbranched alkanes of at least 4 members (excludes halogenated alkanes) is 2. The third-order valence-corrected chi connectivity index (χ3v) is 8.34. The summed E-state index contributed by atoms with van der Waals surface area (Å²) in [6, 6.07) is 3.94. The predicted octanol–water partition coefficient (Wildman–Crippen LogP) is 7.72. The summed E-state index contributed by atoms with van der Waals surface area (Å²) in [4.78, 5) is 6.64. The molecule has 0 unspecified atom stereocenters. The first kappa shape index (κ1) is 30.5. The number of hydrogen-bond acceptors (Lipinski definition) is 5. The van der Waals surface area contributed by atoms with Crippen LogP contribution in [0.1, 0.15) is 98.2 Å². The molecule has 1 aliphatic heterocycles. The normalized spacial score (nSPS) is 16.4. The maximum atomic E-state index is 14.5. The Labute approximate surface area is 244 Å². The summed E-state index contributed by atoms with van der Waals surface area (Å²) in [5, 5.41) is 8.42. The number of fused-ring (bicyclic) bond motifs is 1. The summed E-state index contributed by atoms with van der Waals surface area (Å²) in [6.07, 6.45) is 15.4. The van der Waals surface area contributed by atoms with Crippen LogP contribution in [0.2, 0.25) is 0 Å². The maximum Gasteiger partial charge on any atom is 0.264 e. The van der Waals surface area contributed by atoms with Crippen LogP contribution in [0.3, 0.4) is 0 Å². The zero-order valence-electron chi connectivity index (χ0n) is 24.6. The Balaban J connectivity index is 1.70. The van der Waals surface area contributed by atoms with Crippen molar-refractivity contribution in [3.63, 3.8) is 0 Å². The summed E-state index contributed by atoms with van der Waals surface area (Å²) in [5.74, 6) is 0.883. The Morgan fingerprint density at radius 1 is 1.20 bits per heavy atom. The van der Waals surface area contributed by atoms with Crippen LogP contribution in [0, 0.1) is 6.92 Å². The number of alkyl halides is 2. The summed E-state index contributed by atoms with van der Waals surface area (Å²) in [7, 11) is 0. The molecule has 3 N–H and O–H groups in total. The Kier molecular flexibility index (Phi) is 11.2. The lowest BCUT2D eigenvalue weighted by atomic mass is 9.92. The lowest BCUT2D eigenvalue weighted by Gasteiger charge is -2.31. The van der Waals surface area contributed by atoms with E-state index in [9.17, 15) is 8.78 Å². The van der Waals surface area contributed by atoms with Gasteiger partial charge in [0.1, 0.15) is 0 Å². The molecule has 1 saturated carbocycles. The molecular weight excluding hydrogens is 518 g/mol. The molecule has 0 radical (unpaired) electrons. The zero-order valence-corrected chi connectivity index (χ0v) is 24.6. The molecule has 0 saturated heterocycles. The van der Waals surface area contributed by atoms with E-state index in [-0.39, 0.29) is 5.56 Å². The number of rotatable bonds is 14. The molecule has 1 aromatic heterocycles. The third kappa shape index (κ3) is 7.27. The molecule has 2 aliphatic rings. The van der Waals surface area contributed by atoms with Crippen molar-refractivity contribution in [2.45, 2.75) is 90.0 Å². The predicted molar refractivity (Wildman–Crippen MR) is 167 cm³/mol. The fourth-order valence-corrected chi connectivity index (χ4v) is 6.17. The number of anilines is 2. The quantitative estimate of drug-likeness (QED) is 0.140. The molecule has 222 valence electrons. The second-order valence-corrected chi connectivity index (χ2v) is 11.1. The van der Waals surface area contributed by atoms with Crippen molar-refractivity contribution >= 4 is 23.3 Å². The van der Waals surface area contributed by atoms with Gasteiger partial charge in [0.25, 0.3) is 6.43 Å². The van der Waals surface area contributed by atoms with E-state index >= 15 is 0 Å². The van der Waals surface area contributed by atoms with Crippen molar-refractivity contribution in [2.75, 3.05) is 24.5 Å². The van der Waals surface area contributed by atoms with Crippen molar-refractivity contribution in [3.05, 3.63) is 71.7 Å². The molecule has 1 aromatic carbocycles. The molecular formula is C33H46F2N6. The highest BCUT2D eigenvalue weighted by Gasteiger charge is 2.29. The second kappa shape index (κ2) is 15.0. The van der Waals surface area contributed by atoms with E-state index in [4.69, 9.17) is 10.8 Å². The summed E-state index contributed by atoms with van der Waals surface area (Å²) >= 11 is 0. The van der Waals surface area contributed by atoms with Gasteiger partial charge in [-0.25, -0.2) is 8.78 Å². The fraction of sp³-hybridized carbons (Fsp3) is 0.515. The highest BCUT2D eigenvalue weighted by atomic mass is 19.3. The van der Waals surface area contributed by atoms with Crippen molar-refractivity contribution < 1.29 is 8.78 Å². The molecule has 2 heterocycles. The number of aromatic nitrogens is 2. The van der Waals surface area contributed by atoms with E-state index in [0.717, 1.165) is 87.1 Å². The topological polar surface area (TPSA) is 71.5 Å². The minimum absolute atomic E-state index is 0.0229. The molecule has 6 nitrogen and oxygen atoms in total. The molecule has 8 heteroatoms. The molecule has 2 aromatic rings. The van der Waals surface area contributed by atoms with E-state index < -0.39 is 6.43 Å². The molecule has 0 atom stereocenters. The Hall–Kier alpha value is -3.42. The van der Waals surface area contributed by atoms with Crippen molar-refractivity contribution in [3.8, 4) is 0 Å². The van der Waals surface area contributed by atoms with Crippen LogP contribution >= 0.6 is 0 Å². The summed E-state index contributed by atoms with van der Waals surface area (Å²) in [6.45, 7) is 11.8. The smallest absolute Gasteiger partial charge is 0.264 e. The molecule has 0 bridgehead atoms.